The summed E-state index contributed by atoms with van der Waals surface area (Å²) in [5.41, 5.74) is 8.64. The maximum atomic E-state index is 8.61. The molecule has 0 aromatic heterocycles. The van der Waals surface area contributed by atoms with Crippen molar-refractivity contribution < 1.29 is 0 Å². The highest BCUT2D eigenvalue weighted by molar-refractivity contribution is 5.82. The van der Waals surface area contributed by atoms with Gasteiger partial charge in [-0.25, -0.2) is 5.43 Å². The molecule has 4 N–H and O–H groups in total. The van der Waals surface area contributed by atoms with Crippen LogP contribution >= 0.6 is 0 Å². The van der Waals surface area contributed by atoms with Crippen molar-refractivity contribution in [2.75, 3.05) is 0 Å². The van der Waals surface area contributed by atoms with Crippen LogP contribution in [0.25, 0.3) is 0 Å². The third-order valence-electron chi connectivity index (χ3n) is 1.41. The number of rotatable bonds is 2. The molecule has 0 spiro atoms. The van der Waals surface area contributed by atoms with Gasteiger partial charge >= 0.3 is 0 Å². The number of hydrogen-bond acceptors (Lipinski definition) is 3. The standard InChI is InChI=1S/C9H9N5/c10-5-7-2-1-3-8(4-7)6-13-14-9(11)12/h1-4,6H,(H4,11,12,14)/b13-6+. The van der Waals surface area contributed by atoms with Gasteiger partial charge in [0.15, 0.2) is 0 Å². The molecule has 0 fully saturated rings. The molecule has 0 amide bonds. The van der Waals surface area contributed by atoms with E-state index in [0.29, 0.717) is 5.56 Å². The van der Waals surface area contributed by atoms with Crippen molar-refractivity contribution in [3.05, 3.63) is 35.4 Å². The highest BCUT2D eigenvalue weighted by atomic mass is 15.3. The number of benzene rings is 1. The summed E-state index contributed by atoms with van der Waals surface area (Å²) < 4.78 is 0. The minimum Gasteiger partial charge on any atom is -0.369 e. The second-order valence-corrected chi connectivity index (χ2v) is 2.52. The van der Waals surface area contributed by atoms with E-state index < -0.39 is 0 Å². The quantitative estimate of drug-likeness (QED) is 0.354. The third kappa shape index (κ3) is 2.95. The first-order chi connectivity index (χ1) is 6.72. The minimum absolute atomic E-state index is 0.224. The Labute approximate surface area is 81.4 Å². The first kappa shape index (κ1) is 9.74. The molecule has 0 atom stereocenters. The summed E-state index contributed by atoms with van der Waals surface area (Å²) in [5.74, 6) is -0.224. The van der Waals surface area contributed by atoms with Crippen molar-refractivity contribution in [3.63, 3.8) is 0 Å². The van der Waals surface area contributed by atoms with Gasteiger partial charge in [-0.1, -0.05) is 12.1 Å². The molecule has 1 rings (SSSR count). The van der Waals surface area contributed by atoms with E-state index in [1.54, 1.807) is 24.3 Å². The minimum atomic E-state index is -0.224. The second-order valence-electron chi connectivity index (χ2n) is 2.52. The van der Waals surface area contributed by atoms with Crippen LogP contribution in [0.15, 0.2) is 29.4 Å². The zero-order chi connectivity index (χ0) is 10.4. The summed E-state index contributed by atoms with van der Waals surface area (Å²) in [6.45, 7) is 0. The van der Waals surface area contributed by atoms with Gasteiger partial charge in [-0.15, -0.1) is 0 Å². The molecule has 0 radical (unpaired) electrons. The van der Waals surface area contributed by atoms with Gasteiger partial charge in [-0.2, -0.15) is 10.4 Å². The van der Waals surface area contributed by atoms with E-state index >= 15 is 0 Å². The van der Waals surface area contributed by atoms with Crippen LogP contribution < -0.4 is 11.2 Å². The van der Waals surface area contributed by atoms with Gasteiger partial charge in [0.1, 0.15) is 0 Å². The van der Waals surface area contributed by atoms with E-state index in [1.165, 1.54) is 6.21 Å². The highest BCUT2D eigenvalue weighted by Crippen LogP contribution is 2.00. The lowest BCUT2D eigenvalue weighted by Gasteiger charge is -1.95. The van der Waals surface area contributed by atoms with Gasteiger partial charge in [-0.3, -0.25) is 5.41 Å². The molecule has 0 aliphatic carbocycles. The molecule has 14 heavy (non-hydrogen) atoms. The Balaban J connectivity index is 2.72. The van der Waals surface area contributed by atoms with Crippen LogP contribution in [0, 0.1) is 16.7 Å². The normalized spacial score (nSPS) is 9.64. The SMILES string of the molecule is N#Cc1cccc(/C=N/NC(=N)N)c1. The third-order valence-corrected chi connectivity index (χ3v) is 1.41. The Hall–Kier alpha value is -2.35. The van der Waals surface area contributed by atoms with Crippen LogP contribution in [0.3, 0.4) is 0 Å². The van der Waals surface area contributed by atoms with Crippen LogP contribution in [-0.2, 0) is 0 Å². The van der Waals surface area contributed by atoms with E-state index in [2.05, 4.69) is 10.5 Å². The molecule has 1 aromatic rings. The van der Waals surface area contributed by atoms with Crippen LogP contribution in [0.4, 0.5) is 0 Å². The van der Waals surface area contributed by atoms with Gasteiger partial charge < -0.3 is 5.73 Å². The maximum Gasteiger partial charge on any atom is 0.206 e. The molecule has 5 nitrogen and oxygen atoms in total. The fraction of sp³-hybridized carbons (Fsp3) is 0. The highest BCUT2D eigenvalue weighted by Gasteiger charge is 1.90. The van der Waals surface area contributed by atoms with Crippen molar-refractivity contribution >= 4 is 12.2 Å². The second kappa shape index (κ2) is 4.62. The molecule has 0 saturated carbocycles. The molecule has 0 unspecified atom stereocenters. The summed E-state index contributed by atoms with van der Waals surface area (Å²) in [6.07, 6.45) is 1.49. The molecule has 0 saturated heterocycles. The number of nitrogens with one attached hydrogen (secondary N) is 2. The lowest BCUT2D eigenvalue weighted by Crippen LogP contribution is -2.25. The molecule has 1 aromatic carbocycles. The number of hydrazone groups is 1. The molecule has 0 bridgehead atoms. The Morgan fingerprint density at radius 1 is 1.64 bits per heavy atom. The van der Waals surface area contributed by atoms with Crippen LogP contribution in [0.2, 0.25) is 0 Å². The fourth-order valence-electron chi connectivity index (χ4n) is 0.865. The van der Waals surface area contributed by atoms with Crippen molar-refractivity contribution in [1.29, 1.82) is 10.7 Å². The first-order valence-corrected chi connectivity index (χ1v) is 3.85. The van der Waals surface area contributed by atoms with Crippen LogP contribution in [0.5, 0.6) is 0 Å². The lowest BCUT2D eigenvalue weighted by molar-refractivity contribution is 1.00. The maximum absolute atomic E-state index is 8.61. The van der Waals surface area contributed by atoms with Crippen molar-refractivity contribution in [1.82, 2.24) is 5.43 Å². The van der Waals surface area contributed by atoms with E-state index in [1.807, 2.05) is 6.07 Å². The fourth-order valence-corrected chi connectivity index (χ4v) is 0.865. The molecule has 0 aliphatic rings. The van der Waals surface area contributed by atoms with Gasteiger partial charge in [0.25, 0.3) is 0 Å². The summed E-state index contributed by atoms with van der Waals surface area (Å²) in [7, 11) is 0. The molecular weight excluding hydrogens is 178 g/mol. The zero-order valence-electron chi connectivity index (χ0n) is 7.36. The molecule has 70 valence electrons. The Morgan fingerprint density at radius 2 is 2.43 bits per heavy atom. The predicted octanol–water partition coefficient (Wildman–Crippen LogP) is 0.375. The van der Waals surface area contributed by atoms with Gasteiger partial charge in [0.05, 0.1) is 17.8 Å². The number of nitrogens with two attached hydrogens (primary N) is 1. The summed E-state index contributed by atoms with van der Waals surface area (Å²) in [4.78, 5) is 0. The topological polar surface area (TPSA) is 98.0 Å². The van der Waals surface area contributed by atoms with Gasteiger partial charge in [0.2, 0.25) is 5.96 Å². The number of hydrogen-bond donors (Lipinski definition) is 3. The Kier molecular flexibility index (Phi) is 3.21. The summed E-state index contributed by atoms with van der Waals surface area (Å²) >= 11 is 0. The Morgan fingerprint density at radius 3 is 3.07 bits per heavy atom. The van der Waals surface area contributed by atoms with Crippen LogP contribution in [-0.4, -0.2) is 12.2 Å². The Bertz CT molecular complexity index is 402. The summed E-state index contributed by atoms with van der Waals surface area (Å²) in [5, 5.41) is 19.1. The molecule has 5 heteroatoms. The van der Waals surface area contributed by atoms with Crippen molar-refractivity contribution in [2.24, 2.45) is 10.8 Å². The smallest absolute Gasteiger partial charge is 0.206 e. The molecule has 0 aliphatic heterocycles. The molecule has 0 heterocycles. The van der Waals surface area contributed by atoms with E-state index in [0.717, 1.165) is 5.56 Å². The molecular formula is C9H9N5. The van der Waals surface area contributed by atoms with Crippen molar-refractivity contribution in [3.8, 4) is 6.07 Å². The predicted molar refractivity (Wildman–Crippen MR) is 53.8 cm³/mol. The van der Waals surface area contributed by atoms with E-state index in [9.17, 15) is 0 Å². The number of nitriles is 1. The van der Waals surface area contributed by atoms with Crippen molar-refractivity contribution in [2.45, 2.75) is 0 Å². The van der Waals surface area contributed by atoms with E-state index in [-0.39, 0.29) is 5.96 Å². The van der Waals surface area contributed by atoms with Gasteiger partial charge in [0, 0.05) is 0 Å². The number of guanidine groups is 1. The van der Waals surface area contributed by atoms with E-state index in [4.69, 9.17) is 16.4 Å². The lowest BCUT2D eigenvalue weighted by atomic mass is 10.1. The number of nitrogens with zero attached hydrogens (tertiary/aromatic N) is 2. The summed E-state index contributed by atoms with van der Waals surface area (Å²) in [6, 6.07) is 8.96. The van der Waals surface area contributed by atoms with Crippen LogP contribution in [0.1, 0.15) is 11.1 Å². The average Bonchev–Trinajstić information content (AvgIpc) is 2.18. The van der Waals surface area contributed by atoms with Gasteiger partial charge in [-0.05, 0) is 17.7 Å². The monoisotopic (exact) mass is 187 g/mol. The largest absolute Gasteiger partial charge is 0.369 e. The average molecular weight is 187 g/mol. The zero-order valence-corrected chi connectivity index (χ0v) is 7.36. The first-order valence-electron chi connectivity index (χ1n) is 3.85.